The van der Waals surface area contributed by atoms with Gasteiger partial charge in [0.2, 0.25) is 12.7 Å². The highest BCUT2D eigenvalue weighted by Gasteiger charge is 2.41. The first-order chi connectivity index (χ1) is 16.0. The molecule has 33 heavy (non-hydrogen) atoms. The normalized spacial score (nSPS) is 20.5. The van der Waals surface area contributed by atoms with E-state index < -0.39 is 15.4 Å². The molecule has 1 saturated heterocycles. The molecule has 3 heterocycles. The molecule has 2 fully saturated rings. The molecule has 1 aromatic heterocycles. The number of nitrogens with one attached hydrogen (secondary N) is 1. The van der Waals surface area contributed by atoms with Crippen molar-refractivity contribution in [3.05, 3.63) is 40.8 Å². The van der Waals surface area contributed by atoms with Gasteiger partial charge in [-0.25, -0.2) is 8.42 Å². The summed E-state index contributed by atoms with van der Waals surface area (Å²) in [6.45, 7) is 2.06. The minimum Gasteiger partial charge on any atom is -0.454 e. The highest BCUT2D eigenvalue weighted by atomic mass is 32.2. The van der Waals surface area contributed by atoms with Crippen molar-refractivity contribution in [2.75, 3.05) is 33.1 Å². The molecule has 1 aliphatic carbocycles. The van der Waals surface area contributed by atoms with E-state index in [-0.39, 0.29) is 12.7 Å². The van der Waals surface area contributed by atoms with Gasteiger partial charge in [0, 0.05) is 18.0 Å². The molecular weight excluding hydrogens is 464 g/mol. The summed E-state index contributed by atoms with van der Waals surface area (Å²) in [6, 6.07) is 9.20. The Balaban J connectivity index is 1.31. The van der Waals surface area contributed by atoms with Crippen LogP contribution in [0.4, 0.5) is 0 Å². The lowest BCUT2D eigenvalue weighted by molar-refractivity contribution is -0.128. The Hall–Kier alpha value is -2.14. The topological polar surface area (TPSA) is 94.2 Å². The zero-order chi connectivity index (χ0) is 22.9. The number of nitrogens with zero attached hydrogens (tertiary/aromatic N) is 1. The number of hydrogen-bond donors (Lipinski definition) is 1. The van der Waals surface area contributed by atoms with E-state index in [2.05, 4.69) is 5.32 Å². The number of hydrogen-bond acceptors (Lipinski definition) is 7. The number of fused-ring (bicyclic) bond motifs is 1. The molecule has 0 bridgehead atoms. The van der Waals surface area contributed by atoms with Crippen LogP contribution in [0.25, 0.3) is 0 Å². The molecule has 1 amide bonds. The minimum absolute atomic E-state index is 0.0212. The fraction of sp³-hybridized carbons (Fsp3) is 0.522. The van der Waals surface area contributed by atoms with Gasteiger partial charge in [-0.2, -0.15) is 4.31 Å². The van der Waals surface area contributed by atoms with Gasteiger partial charge in [0.25, 0.3) is 10.0 Å². The van der Waals surface area contributed by atoms with Crippen LogP contribution in [0.15, 0.2) is 34.5 Å². The third-order valence-corrected chi connectivity index (χ3v) is 10.1. The van der Waals surface area contributed by atoms with Crippen molar-refractivity contribution in [1.29, 1.82) is 0 Å². The lowest BCUT2D eigenvalue weighted by atomic mass is 9.68. The molecule has 0 spiro atoms. The predicted molar refractivity (Wildman–Crippen MR) is 123 cm³/mol. The zero-order valence-electron chi connectivity index (χ0n) is 18.4. The van der Waals surface area contributed by atoms with Crippen LogP contribution in [0.1, 0.15) is 42.5 Å². The summed E-state index contributed by atoms with van der Waals surface area (Å²) in [5.41, 5.74) is 0.338. The van der Waals surface area contributed by atoms with E-state index in [0.29, 0.717) is 48.6 Å². The Bertz CT molecular complexity index is 1120. The van der Waals surface area contributed by atoms with Gasteiger partial charge in [0.05, 0.1) is 25.2 Å². The van der Waals surface area contributed by atoms with Crippen molar-refractivity contribution in [3.8, 4) is 11.5 Å². The Morgan fingerprint density at radius 1 is 1.03 bits per heavy atom. The van der Waals surface area contributed by atoms with Crippen molar-refractivity contribution in [3.63, 3.8) is 0 Å². The van der Waals surface area contributed by atoms with Gasteiger partial charge in [-0.05, 0) is 42.7 Å². The minimum atomic E-state index is -3.53. The lowest BCUT2D eigenvalue weighted by Gasteiger charge is -2.36. The summed E-state index contributed by atoms with van der Waals surface area (Å²) in [4.78, 5) is 14.3. The highest BCUT2D eigenvalue weighted by molar-refractivity contribution is 7.91. The third-order valence-electron chi connectivity index (χ3n) is 6.69. The number of amides is 1. The Labute approximate surface area is 197 Å². The largest absolute Gasteiger partial charge is 0.454 e. The van der Waals surface area contributed by atoms with E-state index >= 15 is 0 Å². The van der Waals surface area contributed by atoms with Crippen LogP contribution >= 0.6 is 11.3 Å². The SMILES string of the molecule is O=C(NCc1ccc(S(=O)(=O)N2CCOCC2)s1)C1(c2ccc3c(c2)OCO3)CCCCC1. The van der Waals surface area contributed by atoms with Crippen LogP contribution in [-0.4, -0.2) is 51.7 Å². The number of ether oxygens (including phenoxy) is 3. The second-order valence-corrected chi connectivity index (χ2v) is 12.0. The fourth-order valence-corrected chi connectivity index (χ4v) is 7.70. The number of morpholine rings is 1. The van der Waals surface area contributed by atoms with Crippen LogP contribution in [0, 0.1) is 0 Å². The lowest BCUT2D eigenvalue weighted by Crippen LogP contribution is -2.45. The van der Waals surface area contributed by atoms with E-state index in [1.54, 1.807) is 12.1 Å². The van der Waals surface area contributed by atoms with Crippen molar-refractivity contribution in [2.24, 2.45) is 0 Å². The smallest absolute Gasteiger partial charge is 0.252 e. The molecule has 3 aliphatic rings. The second-order valence-electron chi connectivity index (χ2n) is 8.63. The molecule has 2 aromatic rings. The molecule has 0 unspecified atom stereocenters. The summed E-state index contributed by atoms with van der Waals surface area (Å²) in [6.07, 6.45) is 4.65. The molecule has 10 heteroatoms. The van der Waals surface area contributed by atoms with Crippen LogP contribution < -0.4 is 14.8 Å². The van der Waals surface area contributed by atoms with E-state index in [4.69, 9.17) is 14.2 Å². The maximum Gasteiger partial charge on any atom is 0.252 e. The summed E-state index contributed by atoms with van der Waals surface area (Å²) in [5.74, 6) is 1.37. The molecular formula is C23H28N2O6S2. The number of carbonyl (C=O) groups excluding carboxylic acids is 1. The van der Waals surface area contributed by atoms with Crippen molar-refractivity contribution >= 4 is 27.3 Å². The average Bonchev–Trinajstić information content (AvgIpc) is 3.53. The van der Waals surface area contributed by atoms with Gasteiger partial charge in [-0.3, -0.25) is 4.79 Å². The first-order valence-corrected chi connectivity index (χ1v) is 13.6. The van der Waals surface area contributed by atoms with Crippen LogP contribution in [0.3, 0.4) is 0 Å². The molecule has 0 atom stereocenters. The highest BCUT2D eigenvalue weighted by Crippen LogP contribution is 2.43. The monoisotopic (exact) mass is 492 g/mol. The number of thiophene rings is 1. The van der Waals surface area contributed by atoms with Crippen molar-refractivity contribution in [2.45, 2.75) is 48.3 Å². The molecule has 8 nitrogen and oxygen atoms in total. The van der Waals surface area contributed by atoms with E-state index in [0.717, 1.165) is 42.5 Å². The fourth-order valence-electron chi connectivity index (χ4n) is 4.84. The molecule has 0 radical (unpaired) electrons. The van der Waals surface area contributed by atoms with Crippen LogP contribution in [-0.2, 0) is 31.5 Å². The third kappa shape index (κ3) is 4.37. The van der Waals surface area contributed by atoms with Crippen LogP contribution in [0.5, 0.6) is 11.5 Å². The van der Waals surface area contributed by atoms with Gasteiger partial charge in [0.1, 0.15) is 4.21 Å². The van der Waals surface area contributed by atoms with Gasteiger partial charge >= 0.3 is 0 Å². The number of rotatable bonds is 6. The van der Waals surface area contributed by atoms with Crippen molar-refractivity contribution in [1.82, 2.24) is 9.62 Å². The maximum absolute atomic E-state index is 13.5. The van der Waals surface area contributed by atoms with E-state index in [1.165, 1.54) is 15.6 Å². The van der Waals surface area contributed by atoms with E-state index in [9.17, 15) is 13.2 Å². The van der Waals surface area contributed by atoms with Crippen LogP contribution in [0.2, 0.25) is 0 Å². The van der Waals surface area contributed by atoms with Gasteiger partial charge in [-0.15, -0.1) is 11.3 Å². The molecule has 2 aliphatic heterocycles. The van der Waals surface area contributed by atoms with Crippen molar-refractivity contribution < 1.29 is 27.4 Å². The molecule has 178 valence electrons. The Kier molecular flexibility index (Phi) is 6.34. The molecule has 1 N–H and O–H groups in total. The summed E-state index contributed by atoms with van der Waals surface area (Å²) < 4.78 is 43.8. The van der Waals surface area contributed by atoms with E-state index in [1.807, 2.05) is 18.2 Å². The first kappa shape index (κ1) is 22.6. The Morgan fingerprint density at radius 3 is 2.58 bits per heavy atom. The number of benzene rings is 1. The van der Waals surface area contributed by atoms with Gasteiger partial charge in [0.15, 0.2) is 11.5 Å². The molecule has 1 aromatic carbocycles. The van der Waals surface area contributed by atoms with Gasteiger partial charge < -0.3 is 19.5 Å². The molecule has 1 saturated carbocycles. The standard InChI is InChI=1S/C23H28N2O6S2/c26-22(23(8-2-1-3-9-23)17-4-6-19-20(14-17)31-16-30-19)24-15-18-5-7-21(32-18)33(27,28)25-10-12-29-13-11-25/h4-7,14H,1-3,8-13,15-16H2,(H,24,26). The number of sulfonamides is 1. The maximum atomic E-state index is 13.5. The molecule has 5 rings (SSSR count). The zero-order valence-corrected chi connectivity index (χ0v) is 20.0. The number of carbonyl (C=O) groups is 1. The quantitative estimate of drug-likeness (QED) is 0.666. The predicted octanol–water partition coefficient (Wildman–Crippen LogP) is 3.02. The second kappa shape index (κ2) is 9.25. The average molecular weight is 493 g/mol. The Morgan fingerprint density at radius 2 is 1.79 bits per heavy atom. The summed E-state index contributed by atoms with van der Waals surface area (Å²) in [7, 11) is -3.53. The summed E-state index contributed by atoms with van der Waals surface area (Å²) >= 11 is 1.21. The summed E-state index contributed by atoms with van der Waals surface area (Å²) in [5, 5.41) is 3.09. The first-order valence-electron chi connectivity index (χ1n) is 11.3. The van der Waals surface area contributed by atoms with Gasteiger partial charge in [-0.1, -0.05) is 25.3 Å².